The summed E-state index contributed by atoms with van der Waals surface area (Å²) in [4.78, 5) is 0. The summed E-state index contributed by atoms with van der Waals surface area (Å²) < 4.78 is 28.4. The molecule has 0 bridgehead atoms. The summed E-state index contributed by atoms with van der Waals surface area (Å²) in [6.07, 6.45) is 1.97. The van der Waals surface area contributed by atoms with Crippen LogP contribution in [0.15, 0.2) is 0 Å². The molecular formula is C12H23ClN2O2S. The number of nitrogens with zero attached hydrogens (tertiary/aromatic N) is 2. The van der Waals surface area contributed by atoms with Gasteiger partial charge in [0, 0.05) is 32.1 Å². The summed E-state index contributed by atoms with van der Waals surface area (Å²) in [5.41, 5.74) is 0. The van der Waals surface area contributed by atoms with E-state index >= 15 is 0 Å². The Hall–Kier alpha value is 0.160. The Morgan fingerprint density at radius 1 is 1.11 bits per heavy atom. The summed E-state index contributed by atoms with van der Waals surface area (Å²) >= 11 is 5.87. The summed E-state index contributed by atoms with van der Waals surface area (Å²) in [7, 11) is -3.26. The van der Waals surface area contributed by atoms with Gasteiger partial charge in [-0.25, -0.2) is 0 Å². The highest BCUT2D eigenvalue weighted by Crippen LogP contribution is 2.28. The molecule has 0 aromatic rings. The Bertz CT molecular complexity index is 378. The van der Waals surface area contributed by atoms with Crippen molar-refractivity contribution in [2.24, 2.45) is 17.8 Å². The first-order chi connectivity index (χ1) is 8.45. The Balaban J connectivity index is 2.06. The molecule has 4 nitrogen and oxygen atoms in total. The molecule has 0 spiro atoms. The van der Waals surface area contributed by atoms with Crippen molar-refractivity contribution >= 4 is 21.8 Å². The second kappa shape index (κ2) is 5.65. The molecule has 0 amide bonds. The van der Waals surface area contributed by atoms with Crippen molar-refractivity contribution < 1.29 is 8.42 Å². The average molecular weight is 295 g/mol. The van der Waals surface area contributed by atoms with Gasteiger partial charge >= 0.3 is 0 Å². The van der Waals surface area contributed by atoms with E-state index < -0.39 is 10.2 Å². The molecule has 2 saturated heterocycles. The van der Waals surface area contributed by atoms with Crippen LogP contribution < -0.4 is 0 Å². The van der Waals surface area contributed by atoms with Crippen LogP contribution in [0.1, 0.15) is 26.7 Å². The molecule has 0 N–H and O–H groups in total. The number of rotatable bonds is 3. The molecule has 2 rings (SSSR count). The summed E-state index contributed by atoms with van der Waals surface area (Å²) in [6, 6.07) is 0. The predicted molar refractivity (Wildman–Crippen MR) is 73.8 cm³/mol. The van der Waals surface area contributed by atoms with Crippen LogP contribution in [0.5, 0.6) is 0 Å². The van der Waals surface area contributed by atoms with Gasteiger partial charge < -0.3 is 0 Å². The zero-order valence-corrected chi connectivity index (χ0v) is 12.8. The number of hydrogen-bond acceptors (Lipinski definition) is 2. The SMILES string of the molecule is CC1CN(S(=O)(=O)N2CCCC(CCl)C2)CC1C. The molecule has 0 radical (unpaired) electrons. The quantitative estimate of drug-likeness (QED) is 0.744. The van der Waals surface area contributed by atoms with Gasteiger partial charge in [0.1, 0.15) is 0 Å². The zero-order valence-electron chi connectivity index (χ0n) is 11.2. The molecular weight excluding hydrogens is 272 g/mol. The normalized spacial score (nSPS) is 36.1. The average Bonchev–Trinajstić information content (AvgIpc) is 2.70. The Kier molecular flexibility index (Phi) is 4.57. The van der Waals surface area contributed by atoms with Crippen LogP contribution in [0.3, 0.4) is 0 Å². The summed E-state index contributed by atoms with van der Waals surface area (Å²) in [6.45, 7) is 6.80. The molecule has 18 heavy (non-hydrogen) atoms. The molecule has 2 aliphatic rings. The summed E-state index contributed by atoms with van der Waals surface area (Å²) in [5, 5.41) is 0. The fourth-order valence-corrected chi connectivity index (χ4v) is 4.98. The van der Waals surface area contributed by atoms with Crippen LogP contribution in [0.25, 0.3) is 0 Å². The monoisotopic (exact) mass is 294 g/mol. The number of piperidine rings is 1. The Morgan fingerprint density at radius 2 is 1.72 bits per heavy atom. The Morgan fingerprint density at radius 3 is 2.28 bits per heavy atom. The molecule has 2 aliphatic heterocycles. The highest BCUT2D eigenvalue weighted by atomic mass is 35.5. The summed E-state index contributed by atoms with van der Waals surface area (Å²) in [5.74, 6) is 1.77. The van der Waals surface area contributed by atoms with E-state index in [0.29, 0.717) is 49.8 Å². The first kappa shape index (κ1) is 14.6. The number of alkyl halides is 1. The van der Waals surface area contributed by atoms with E-state index in [1.165, 1.54) is 0 Å². The minimum atomic E-state index is -3.26. The van der Waals surface area contributed by atoms with Gasteiger partial charge in [0.15, 0.2) is 0 Å². The number of halogens is 1. The van der Waals surface area contributed by atoms with Crippen molar-refractivity contribution in [3.8, 4) is 0 Å². The highest BCUT2D eigenvalue weighted by Gasteiger charge is 2.38. The zero-order chi connectivity index (χ0) is 13.3. The van der Waals surface area contributed by atoms with Crippen molar-refractivity contribution in [3.05, 3.63) is 0 Å². The third kappa shape index (κ3) is 2.84. The van der Waals surface area contributed by atoms with Gasteiger partial charge in [0.25, 0.3) is 10.2 Å². The van der Waals surface area contributed by atoms with Gasteiger partial charge in [-0.05, 0) is 30.6 Å². The smallest absolute Gasteiger partial charge is 0.195 e. The molecule has 2 heterocycles. The molecule has 106 valence electrons. The molecule has 3 unspecified atom stereocenters. The van der Waals surface area contributed by atoms with Gasteiger partial charge in [0.05, 0.1) is 0 Å². The standard InChI is InChI=1S/C12H23ClN2O2S/c1-10-7-15(8-11(10)2)18(16,17)14-5-3-4-12(6-13)9-14/h10-12H,3-9H2,1-2H3. The van der Waals surface area contributed by atoms with Gasteiger partial charge in [-0.3, -0.25) is 0 Å². The van der Waals surface area contributed by atoms with Gasteiger partial charge in [-0.2, -0.15) is 17.0 Å². The third-order valence-corrected chi connectivity index (χ3v) is 6.68. The lowest BCUT2D eigenvalue weighted by molar-refractivity contribution is 0.264. The van der Waals surface area contributed by atoms with Gasteiger partial charge in [-0.1, -0.05) is 13.8 Å². The van der Waals surface area contributed by atoms with Gasteiger partial charge in [-0.15, -0.1) is 11.6 Å². The van der Waals surface area contributed by atoms with Crippen molar-refractivity contribution in [3.63, 3.8) is 0 Å². The van der Waals surface area contributed by atoms with E-state index in [0.717, 1.165) is 12.8 Å². The fraction of sp³-hybridized carbons (Fsp3) is 1.00. The van der Waals surface area contributed by atoms with Crippen LogP contribution in [0, 0.1) is 17.8 Å². The molecule has 2 fully saturated rings. The first-order valence-corrected chi connectivity index (χ1v) is 8.69. The van der Waals surface area contributed by atoms with E-state index in [2.05, 4.69) is 13.8 Å². The molecule has 6 heteroatoms. The second-order valence-electron chi connectivity index (χ2n) is 5.80. The number of hydrogen-bond donors (Lipinski definition) is 0. The van der Waals surface area contributed by atoms with Gasteiger partial charge in [0.2, 0.25) is 0 Å². The fourth-order valence-electron chi connectivity index (χ4n) is 2.79. The maximum Gasteiger partial charge on any atom is 0.282 e. The van der Waals surface area contributed by atoms with E-state index in [1.807, 2.05) is 0 Å². The van der Waals surface area contributed by atoms with Crippen LogP contribution in [0.4, 0.5) is 0 Å². The van der Waals surface area contributed by atoms with E-state index in [9.17, 15) is 8.42 Å². The van der Waals surface area contributed by atoms with Crippen LogP contribution in [0.2, 0.25) is 0 Å². The minimum absolute atomic E-state index is 0.313. The van der Waals surface area contributed by atoms with Crippen molar-refractivity contribution in [2.45, 2.75) is 26.7 Å². The van der Waals surface area contributed by atoms with E-state index in [4.69, 9.17) is 11.6 Å². The maximum atomic E-state index is 12.5. The molecule has 0 saturated carbocycles. The van der Waals surface area contributed by atoms with Crippen molar-refractivity contribution in [1.82, 2.24) is 8.61 Å². The second-order valence-corrected chi connectivity index (χ2v) is 8.04. The first-order valence-electron chi connectivity index (χ1n) is 6.76. The molecule has 0 aliphatic carbocycles. The minimum Gasteiger partial charge on any atom is -0.195 e. The van der Waals surface area contributed by atoms with Crippen LogP contribution in [-0.2, 0) is 10.2 Å². The van der Waals surface area contributed by atoms with E-state index in [1.54, 1.807) is 8.61 Å². The van der Waals surface area contributed by atoms with Crippen molar-refractivity contribution in [2.75, 3.05) is 32.1 Å². The topological polar surface area (TPSA) is 40.6 Å². The lowest BCUT2D eigenvalue weighted by atomic mass is 10.0. The lowest BCUT2D eigenvalue weighted by Gasteiger charge is -2.33. The van der Waals surface area contributed by atoms with Crippen LogP contribution in [-0.4, -0.2) is 49.1 Å². The molecule has 3 atom stereocenters. The lowest BCUT2D eigenvalue weighted by Crippen LogP contribution is -2.47. The Labute approximate surface area is 115 Å². The maximum absolute atomic E-state index is 12.5. The highest BCUT2D eigenvalue weighted by molar-refractivity contribution is 7.86. The molecule has 0 aromatic heterocycles. The van der Waals surface area contributed by atoms with Crippen molar-refractivity contribution in [1.29, 1.82) is 0 Å². The third-order valence-electron chi connectivity index (χ3n) is 4.31. The largest absolute Gasteiger partial charge is 0.282 e. The molecule has 0 aromatic carbocycles. The van der Waals surface area contributed by atoms with Crippen LogP contribution >= 0.6 is 11.6 Å². The van der Waals surface area contributed by atoms with E-state index in [-0.39, 0.29) is 0 Å². The predicted octanol–water partition coefficient (Wildman–Crippen LogP) is 1.77.